The van der Waals surface area contributed by atoms with Crippen molar-refractivity contribution in [2.75, 3.05) is 13.2 Å². The molecular weight excluding hydrogens is 528 g/mol. The van der Waals surface area contributed by atoms with Crippen LogP contribution in [0.5, 0.6) is 0 Å². The molecule has 2 heterocycles. The zero-order chi connectivity index (χ0) is 29.1. The van der Waals surface area contributed by atoms with E-state index in [1.54, 1.807) is 18.5 Å². The van der Waals surface area contributed by atoms with Gasteiger partial charge in [-0.25, -0.2) is 4.79 Å². The molecule has 1 aliphatic rings. The van der Waals surface area contributed by atoms with Gasteiger partial charge >= 0.3 is 11.9 Å². The van der Waals surface area contributed by atoms with E-state index < -0.39 is 17.5 Å². The molecule has 0 saturated heterocycles. The summed E-state index contributed by atoms with van der Waals surface area (Å²) in [5, 5.41) is 9.82. The highest BCUT2D eigenvalue weighted by Crippen LogP contribution is 2.43. The van der Waals surface area contributed by atoms with E-state index in [1.807, 2.05) is 65.5 Å². The van der Waals surface area contributed by atoms with E-state index in [4.69, 9.17) is 14.6 Å². The van der Waals surface area contributed by atoms with Crippen molar-refractivity contribution in [1.82, 2.24) is 19.6 Å². The number of fused-ring (bicyclic) bond motifs is 3. The number of aromatic nitrogens is 4. The van der Waals surface area contributed by atoms with Gasteiger partial charge < -0.3 is 9.47 Å². The van der Waals surface area contributed by atoms with Gasteiger partial charge in [0.25, 0.3) is 0 Å². The summed E-state index contributed by atoms with van der Waals surface area (Å²) in [6.07, 6.45) is 3.19. The molecule has 8 heteroatoms. The number of nitrogens with zero attached hydrogens (tertiary/aromatic N) is 4. The molecule has 0 N–H and O–H groups in total. The Labute approximate surface area is 244 Å². The van der Waals surface area contributed by atoms with Crippen molar-refractivity contribution in [2.24, 2.45) is 0 Å². The Balaban J connectivity index is 1.61. The fourth-order valence-corrected chi connectivity index (χ4v) is 5.99. The zero-order valence-electron chi connectivity index (χ0n) is 23.7. The summed E-state index contributed by atoms with van der Waals surface area (Å²) in [5.74, 6) is -0.927. The van der Waals surface area contributed by atoms with Gasteiger partial charge in [-0.1, -0.05) is 91.0 Å². The highest BCUT2D eigenvalue weighted by molar-refractivity contribution is 5.92. The van der Waals surface area contributed by atoms with E-state index >= 15 is 0 Å². The number of hydrogen-bond donors (Lipinski definition) is 0. The molecule has 0 fully saturated rings. The monoisotopic (exact) mass is 560 g/mol. The number of benzene rings is 3. The van der Waals surface area contributed by atoms with E-state index in [-0.39, 0.29) is 25.5 Å². The van der Waals surface area contributed by atoms with Crippen molar-refractivity contribution in [3.05, 3.63) is 131 Å². The minimum Gasteiger partial charge on any atom is -0.465 e. The third-order valence-electron chi connectivity index (χ3n) is 7.68. The third-order valence-corrected chi connectivity index (χ3v) is 7.68. The maximum absolute atomic E-state index is 12.9. The minimum atomic E-state index is -0.794. The molecule has 0 radical (unpaired) electrons. The maximum atomic E-state index is 12.9. The first-order valence-electron chi connectivity index (χ1n) is 14.3. The van der Waals surface area contributed by atoms with Crippen LogP contribution in [-0.4, -0.2) is 44.7 Å². The number of ether oxygens (including phenoxy) is 2. The second-order valence-electron chi connectivity index (χ2n) is 10.1. The van der Waals surface area contributed by atoms with Crippen LogP contribution in [-0.2, 0) is 39.2 Å². The van der Waals surface area contributed by atoms with Crippen molar-refractivity contribution in [1.29, 1.82) is 0 Å². The smallest absolute Gasteiger partial charge is 0.359 e. The average molecular weight is 561 g/mol. The van der Waals surface area contributed by atoms with Crippen LogP contribution < -0.4 is 0 Å². The summed E-state index contributed by atoms with van der Waals surface area (Å²) in [4.78, 5) is 25.6. The van der Waals surface area contributed by atoms with Gasteiger partial charge in [-0.3, -0.25) is 14.2 Å². The molecule has 0 amide bonds. The Hall–Kier alpha value is -4.98. The van der Waals surface area contributed by atoms with E-state index in [0.717, 1.165) is 33.5 Å². The first-order chi connectivity index (χ1) is 20.6. The first-order valence-corrected chi connectivity index (χ1v) is 14.3. The number of carbonyl (C=O) groups is 2. The normalized spacial score (nSPS) is 12.3. The molecule has 0 unspecified atom stereocenters. The molecule has 42 heavy (non-hydrogen) atoms. The molecule has 2 aromatic heterocycles. The lowest BCUT2D eigenvalue weighted by Gasteiger charge is -2.36. The summed E-state index contributed by atoms with van der Waals surface area (Å²) >= 11 is 0. The van der Waals surface area contributed by atoms with Crippen LogP contribution in [0.3, 0.4) is 0 Å². The van der Waals surface area contributed by atoms with Gasteiger partial charge in [0.15, 0.2) is 5.69 Å². The third kappa shape index (κ3) is 4.59. The summed E-state index contributed by atoms with van der Waals surface area (Å²) in [6.45, 7) is 3.89. The van der Waals surface area contributed by atoms with Crippen LogP contribution in [0, 0.1) is 0 Å². The largest absolute Gasteiger partial charge is 0.465 e. The van der Waals surface area contributed by atoms with Gasteiger partial charge in [-0.05, 0) is 43.4 Å². The van der Waals surface area contributed by atoms with Crippen LogP contribution in [0.2, 0.25) is 0 Å². The van der Waals surface area contributed by atoms with Crippen molar-refractivity contribution < 1.29 is 19.1 Å². The van der Waals surface area contributed by atoms with Crippen LogP contribution >= 0.6 is 0 Å². The van der Waals surface area contributed by atoms with Crippen molar-refractivity contribution in [3.63, 3.8) is 0 Å². The fourth-order valence-electron chi connectivity index (χ4n) is 5.99. The summed E-state index contributed by atoms with van der Waals surface area (Å²) in [6, 6.07) is 31.0. The summed E-state index contributed by atoms with van der Waals surface area (Å²) in [5.41, 5.74) is 5.74. The van der Waals surface area contributed by atoms with Gasteiger partial charge in [-0.2, -0.15) is 10.2 Å². The number of aryl methyl sites for hydroxylation is 1. The molecule has 1 aliphatic carbocycles. The predicted octanol–water partition coefficient (Wildman–Crippen LogP) is 5.43. The molecule has 5 aromatic rings. The highest BCUT2D eigenvalue weighted by atomic mass is 16.5. The highest BCUT2D eigenvalue weighted by Gasteiger charge is 2.41. The SMILES string of the molecule is CCOC(=O)Cn1nc(C(=O)OCC)c2c1-c1cn(C(c3ccccc3)(c3ccccc3)c3ccccc3)nc1CC2. The molecule has 0 bridgehead atoms. The van der Waals surface area contributed by atoms with Gasteiger partial charge in [0.2, 0.25) is 0 Å². The summed E-state index contributed by atoms with van der Waals surface area (Å²) < 4.78 is 14.2. The second-order valence-corrected chi connectivity index (χ2v) is 10.1. The first kappa shape index (κ1) is 27.2. The lowest BCUT2D eigenvalue weighted by Crippen LogP contribution is -2.38. The van der Waals surface area contributed by atoms with Crippen molar-refractivity contribution in [2.45, 2.75) is 38.8 Å². The van der Waals surface area contributed by atoms with E-state index in [9.17, 15) is 9.59 Å². The Kier molecular flexibility index (Phi) is 7.44. The lowest BCUT2D eigenvalue weighted by atomic mass is 9.77. The molecule has 0 atom stereocenters. The van der Waals surface area contributed by atoms with Crippen molar-refractivity contribution in [3.8, 4) is 11.3 Å². The Bertz CT molecular complexity index is 1610. The van der Waals surface area contributed by atoms with Gasteiger partial charge in [-0.15, -0.1) is 0 Å². The van der Waals surface area contributed by atoms with Crippen LogP contribution in [0.15, 0.2) is 97.2 Å². The molecule has 0 spiro atoms. The summed E-state index contributed by atoms with van der Waals surface area (Å²) in [7, 11) is 0. The number of esters is 2. The standard InChI is InChI=1S/C34H32N4O4/c1-3-41-30(39)23-37-32-27(31(36-37)33(40)42-4-2)20-21-29-28(32)22-38(35-29)34(24-14-8-5-9-15-24,25-16-10-6-11-17-25)26-18-12-7-13-19-26/h5-19,22H,3-4,20-21,23H2,1-2H3. The van der Waals surface area contributed by atoms with Gasteiger partial charge in [0.1, 0.15) is 12.1 Å². The minimum absolute atomic E-state index is 0.124. The number of rotatable bonds is 9. The van der Waals surface area contributed by atoms with E-state index in [1.165, 1.54) is 0 Å². The molecule has 0 aliphatic heterocycles. The van der Waals surface area contributed by atoms with E-state index in [2.05, 4.69) is 41.5 Å². The average Bonchev–Trinajstić information content (AvgIpc) is 3.61. The fraction of sp³-hybridized carbons (Fsp3) is 0.235. The number of carbonyl (C=O) groups excluding carboxylic acids is 2. The molecule has 6 rings (SSSR count). The molecule has 212 valence electrons. The number of hydrogen-bond acceptors (Lipinski definition) is 6. The second kappa shape index (κ2) is 11.5. The molecule has 3 aromatic carbocycles. The van der Waals surface area contributed by atoms with Crippen LogP contribution in [0.25, 0.3) is 11.3 Å². The Morgan fingerprint density at radius 2 is 1.31 bits per heavy atom. The van der Waals surface area contributed by atoms with Gasteiger partial charge in [0, 0.05) is 17.3 Å². The Morgan fingerprint density at radius 3 is 1.83 bits per heavy atom. The topological polar surface area (TPSA) is 88.2 Å². The molecule has 8 nitrogen and oxygen atoms in total. The van der Waals surface area contributed by atoms with Crippen LogP contribution in [0.1, 0.15) is 52.3 Å². The molecule has 0 saturated carbocycles. The van der Waals surface area contributed by atoms with Crippen LogP contribution in [0.4, 0.5) is 0 Å². The lowest BCUT2D eigenvalue weighted by molar-refractivity contribution is -0.144. The maximum Gasteiger partial charge on any atom is 0.359 e. The molecular formula is C34H32N4O4. The van der Waals surface area contributed by atoms with Crippen molar-refractivity contribution >= 4 is 11.9 Å². The zero-order valence-corrected chi connectivity index (χ0v) is 23.7. The van der Waals surface area contributed by atoms with E-state index in [0.29, 0.717) is 18.5 Å². The predicted molar refractivity (Wildman–Crippen MR) is 158 cm³/mol. The quantitative estimate of drug-likeness (QED) is 0.177. The Morgan fingerprint density at radius 1 is 0.762 bits per heavy atom. The van der Waals surface area contributed by atoms with Gasteiger partial charge in [0.05, 0.1) is 24.6 Å².